The van der Waals surface area contributed by atoms with E-state index in [1.54, 1.807) is 17.0 Å². The highest BCUT2D eigenvalue weighted by atomic mass is 79.9. The summed E-state index contributed by atoms with van der Waals surface area (Å²) in [6.45, 7) is 0.661. The summed E-state index contributed by atoms with van der Waals surface area (Å²) < 4.78 is 19.6. The minimum absolute atomic E-state index is 0.0314. The van der Waals surface area contributed by atoms with Crippen LogP contribution in [0.5, 0.6) is 5.75 Å². The molecule has 0 saturated carbocycles. The molecule has 0 N–H and O–H groups in total. The first kappa shape index (κ1) is 14.1. The van der Waals surface area contributed by atoms with Gasteiger partial charge in [0.25, 0.3) is 0 Å². The zero-order valence-electron chi connectivity index (χ0n) is 11.2. The number of para-hydroxylation sites is 2. The van der Waals surface area contributed by atoms with Gasteiger partial charge in [0.05, 0.1) is 29.7 Å². The maximum atomic E-state index is 13.6. The third-order valence-electron chi connectivity index (χ3n) is 3.39. The summed E-state index contributed by atoms with van der Waals surface area (Å²) >= 11 is 3.24. The Bertz CT molecular complexity index is 690. The molecule has 1 aliphatic heterocycles. The highest BCUT2D eigenvalue weighted by molar-refractivity contribution is 9.10. The van der Waals surface area contributed by atoms with Crippen LogP contribution < -0.4 is 9.64 Å². The van der Waals surface area contributed by atoms with Crippen LogP contribution >= 0.6 is 15.9 Å². The molecular weight excluding hydrogens is 337 g/mol. The van der Waals surface area contributed by atoms with Gasteiger partial charge >= 0.3 is 0 Å². The van der Waals surface area contributed by atoms with Crippen LogP contribution in [0.15, 0.2) is 46.9 Å². The molecule has 2 aromatic carbocycles. The largest absolute Gasteiger partial charge is 0.491 e. The molecule has 0 aliphatic carbocycles. The number of halogens is 2. The molecule has 0 fully saturated rings. The van der Waals surface area contributed by atoms with E-state index in [4.69, 9.17) is 4.74 Å². The van der Waals surface area contributed by atoms with Crippen molar-refractivity contribution in [2.24, 2.45) is 0 Å². The summed E-state index contributed by atoms with van der Waals surface area (Å²) in [5.41, 5.74) is 1.44. The van der Waals surface area contributed by atoms with E-state index in [0.29, 0.717) is 29.8 Å². The van der Waals surface area contributed by atoms with E-state index in [2.05, 4.69) is 15.9 Å². The number of amides is 1. The average molecular weight is 350 g/mol. The van der Waals surface area contributed by atoms with E-state index < -0.39 is 0 Å². The minimum Gasteiger partial charge on any atom is -0.491 e. The van der Waals surface area contributed by atoms with Crippen LogP contribution in [0, 0.1) is 5.82 Å². The third kappa shape index (κ3) is 2.78. The van der Waals surface area contributed by atoms with Crippen LogP contribution in [0.4, 0.5) is 10.1 Å². The summed E-state index contributed by atoms with van der Waals surface area (Å²) in [7, 11) is 0. The number of nitrogens with zero attached hydrogens (tertiary/aromatic N) is 1. The molecule has 0 spiro atoms. The Kier molecular flexibility index (Phi) is 3.92. The topological polar surface area (TPSA) is 29.5 Å². The molecule has 1 amide bonds. The first-order valence-corrected chi connectivity index (χ1v) is 7.41. The maximum absolute atomic E-state index is 13.6. The van der Waals surface area contributed by atoms with Crippen molar-refractivity contribution in [1.29, 1.82) is 0 Å². The number of hydrogen-bond donors (Lipinski definition) is 0. The lowest BCUT2D eigenvalue weighted by atomic mass is 10.1. The van der Waals surface area contributed by atoms with Crippen molar-refractivity contribution in [3.05, 3.63) is 58.3 Å². The molecule has 1 aliphatic rings. The summed E-state index contributed by atoms with van der Waals surface area (Å²) in [4.78, 5) is 14.0. The molecule has 0 aromatic heterocycles. The van der Waals surface area contributed by atoms with Gasteiger partial charge in [0.1, 0.15) is 11.6 Å². The highest BCUT2D eigenvalue weighted by Gasteiger charge is 2.24. The highest BCUT2D eigenvalue weighted by Crippen LogP contribution is 2.33. The van der Waals surface area contributed by atoms with Crippen molar-refractivity contribution in [1.82, 2.24) is 0 Å². The van der Waals surface area contributed by atoms with E-state index in [-0.39, 0.29) is 11.7 Å². The van der Waals surface area contributed by atoms with Gasteiger partial charge in [-0.25, -0.2) is 4.39 Å². The number of anilines is 1. The fraction of sp³-hybridized carbons (Fsp3) is 0.188. The summed E-state index contributed by atoms with van der Waals surface area (Å²) in [5, 5.41) is 0. The van der Waals surface area contributed by atoms with Crippen molar-refractivity contribution in [2.45, 2.75) is 13.0 Å². The lowest BCUT2D eigenvalue weighted by Crippen LogP contribution is -2.29. The fourth-order valence-electron chi connectivity index (χ4n) is 2.33. The summed E-state index contributed by atoms with van der Waals surface area (Å²) in [5.74, 6) is 0.311. The number of rotatable bonds is 2. The number of benzene rings is 2. The fourth-order valence-corrected chi connectivity index (χ4v) is 2.72. The third-order valence-corrected chi connectivity index (χ3v) is 4.28. The average Bonchev–Trinajstić information content (AvgIpc) is 2.64. The predicted octanol–water partition coefficient (Wildman–Crippen LogP) is 3.90. The quantitative estimate of drug-likeness (QED) is 0.822. The van der Waals surface area contributed by atoms with Gasteiger partial charge in [-0.3, -0.25) is 4.79 Å². The Hall–Kier alpha value is -1.88. The van der Waals surface area contributed by atoms with Gasteiger partial charge in [-0.1, -0.05) is 24.3 Å². The first-order chi connectivity index (χ1) is 10.2. The Morgan fingerprint density at radius 1 is 1.19 bits per heavy atom. The van der Waals surface area contributed by atoms with Crippen LogP contribution in [0.2, 0.25) is 0 Å². The van der Waals surface area contributed by atoms with Gasteiger partial charge < -0.3 is 9.64 Å². The zero-order valence-corrected chi connectivity index (χ0v) is 12.8. The molecule has 0 atom stereocenters. The monoisotopic (exact) mass is 349 g/mol. The van der Waals surface area contributed by atoms with Gasteiger partial charge in [-0.15, -0.1) is 0 Å². The van der Waals surface area contributed by atoms with Gasteiger partial charge in [-0.2, -0.15) is 0 Å². The van der Waals surface area contributed by atoms with E-state index >= 15 is 0 Å². The molecule has 0 radical (unpaired) electrons. The molecule has 3 nitrogen and oxygen atoms in total. The van der Waals surface area contributed by atoms with E-state index in [1.807, 2.05) is 24.3 Å². The minimum atomic E-state index is -0.334. The lowest BCUT2D eigenvalue weighted by molar-refractivity contribution is -0.118. The maximum Gasteiger partial charge on any atom is 0.230 e. The van der Waals surface area contributed by atoms with Crippen molar-refractivity contribution in [3.63, 3.8) is 0 Å². The molecule has 0 bridgehead atoms. The molecular formula is C16H13BrFNO2. The zero-order chi connectivity index (χ0) is 14.8. The first-order valence-electron chi connectivity index (χ1n) is 6.62. The summed E-state index contributed by atoms with van der Waals surface area (Å²) in [6.07, 6.45) is 0.307. The molecule has 108 valence electrons. The molecule has 2 aromatic rings. The lowest BCUT2D eigenvalue weighted by Gasteiger charge is -2.22. The SMILES string of the molecule is O=C1CCOc2ccccc2N1Cc1cccc(F)c1Br. The van der Waals surface area contributed by atoms with E-state index in [0.717, 1.165) is 11.3 Å². The second kappa shape index (κ2) is 5.85. The van der Waals surface area contributed by atoms with Crippen LogP contribution in [0.1, 0.15) is 12.0 Å². The Morgan fingerprint density at radius 2 is 2.00 bits per heavy atom. The smallest absolute Gasteiger partial charge is 0.230 e. The van der Waals surface area contributed by atoms with Crippen LogP contribution in [-0.2, 0) is 11.3 Å². The molecule has 3 rings (SSSR count). The van der Waals surface area contributed by atoms with E-state index in [9.17, 15) is 9.18 Å². The van der Waals surface area contributed by atoms with Gasteiger partial charge in [0.15, 0.2) is 0 Å². The Morgan fingerprint density at radius 3 is 2.86 bits per heavy atom. The Labute approximate surface area is 130 Å². The summed E-state index contributed by atoms with van der Waals surface area (Å²) in [6, 6.07) is 12.2. The molecule has 5 heteroatoms. The molecule has 1 heterocycles. The number of hydrogen-bond acceptors (Lipinski definition) is 2. The van der Waals surface area contributed by atoms with E-state index in [1.165, 1.54) is 6.07 Å². The normalized spacial score (nSPS) is 14.4. The second-order valence-electron chi connectivity index (χ2n) is 4.76. The molecule has 0 saturated heterocycles. The van der Waals surface area contributed by atoms with Gasteiger partial charge in [-0.05, 0) is 39.7 Å². The van der Waals surface area contributed by atoms with Gasteiger partial charge in [0, 0.05) is 0 Å². The number of fused-ring (bicyclic) bond motifs is 1. The standard InChI is InChI=1S/C16H13BrFNO2/c17-16-11(4-3-5-12(16)18)10-19-13-6-1-2-7-14(13)21-9-8-15(19)20/h1-7H,8-10H2. The second-order valence-corrected chi connectivity index (χ2v) is 5.55. The van der Waals surface area contributed by atoms with Crippen molar-refractivity contribution in [3.8, 4) is 5.75 Å². The number of carbonyl (C=O) groups excluding carboxylic acids is 1. The van der Waals surface area contributed by atoms with Crippen LogP contribution in [-0.4, -0.2) is 12.5 Å². The van der Waals surface area contributed by atoms with Crippen molar-refractivity contribution >= 4 is 27.5 Å². The van der Waals surface area contributed by atoms with Gasteiger partial charge in [0.2, 0.25) is 5.91 Å². The van der Waals surface area contributed by atoms with Crippen LogP contribution in [0.3, 0.4) is 0 Å². The van der Waals surface area contributed by atoms with Crippen molar-refractivity contribution in [2.75, 3.05) is 11.5 Å². The predicted molar refractivity (Wildman–Crippen MR) is 81.8 cm³/mol. The molecule has 21 heavy (non-hydrogen) atoms. The molecule has 0 unspecified atom stereocenters. The Balaban J connectivity index is 2.00. The number of ether oxygens (including phenoxy) is 1. The van der Waals surface area contributed by atoms with Crippen molar-refractivity contribution < 1.29 is 13.9 Å². The number of carbonyl (C=O) groups is 1. The van der Waals surface area contributed by atoms with Crippen LogP contribution in [0.25, 0.3) is 0 Å².